The van der Waals surface area contributed by atoms with E-state index in [0.29, 0.717) is 12.8 Å². The highest BCUT2D eigenvalue weighted by atomic mass is 16.4. The molecule has 4 nitrogen and oxygen atoms in total. The molecule has 0 bridgehead atoms. The van der Waals surface area contributed by atoms with Crippen LogP contribution in [0.15, 0.2) is 36.5 Å². The second kappa shape index (κ2) is 12.0. The molecule has 4 heteroatoms. The van der Waals surface area contributed by atoms with Gasteiger partial charge in [0.1, 0.15) is 0 Å². The minimum atomic E-state index is -0.761. The third kappa shape index (κ3) is 8.50. The maximum absolute atomic E-state index is 10.5. The first-order chi connectivity index (χ1) is 12.0. The summed E-state index contributed by atoms with van der Waals surface area (Å²) in [5.41, 5.74) is 1.05. The van der Waals surface area contributed by atoms with Gasteiger partial charge in [-0.1, -0.05) is 62.6 Å². The predicted molar refractivity (Wildman–Crippen MR) is 101 cm³/mol. The van der Waals surface area contributed by atoms with Gasteiger partial charge in [-0.15, -0.1) is 0 Å². The molecule has 0 spiro atoms. The number of hydrogen-bond acceptors (Lipinski definition) is 3. The second-order valence-electron chi connectivity index (χ2n) is 7.05. The van der Waals surface area contributed by atoms with Crippen LogP contribution in [-0.2, 0) is 4.79 Å². The van der Waals surface area contributed by atoms with E-state index in [-0.39, 0.29) is 18.3 Å². The minimum Gasteiger partial charge on any atom is -0.481 e. The molecule has 0 heterocycles. The highest BCUT2D eigenvalue weighted by molar-refractivity contribution is 5.66. The van der Waals surface area contributed by atoms with Gasteiger partial charge in [0.15, 0.2) is 0 Å². The summed E-state index contributed by atoms with van der Waals surface area (Å²) in [7, 11) is 0. The van der Waals surface area contributed by atoms with Crippen molar-refractivity contribution in [3.05, 3.63) is 36.5 Å². The summed E-state index contributed by atoms with van der Waals surface area (Å²) < 4.78 is 0. The van der Waals surface area contributed by atoms with Crippen LogP contribution in [0.1, 0.15) is 64.7 Å². The predicted octanol–water partition coefficient (Wildman–Crippen LogP) is 4.24. The van der Waals surface area contributed by atoms with Crippen LogP contribution in [0.3, 0.4) is 0 Å². The fraction of sp³-hybridized carbons (Fsp3) is 0.667. The van der Waals surface area contributed by atoms with Crippen molar-refractivity contribution in [2.24, 2.45) is 11.8 Å². The summed E-state index contributed by atoms with van der Waals surface area (Å²) in [6.07, 6.45) is 14.0. The van der Waals surface area contributed by atoms with Gasteiger partial charge in [0.2, 0.25) is 0 Å². The molecule has 1 aliphatic carbocycles. The van der Waals surface area contributed by atoms with Crippen molar-refractivity contribution in [1.29, 1.82) is 0 Å². The number of allylic oxidation sites excluding steroid dienone is 2. The van der Waals surface area contributed by atoms with Crippen molar-refractivity contribution in [1.82, 2.24) is 0 Å². The lowest BCUT2D eigenvalue weighted by Gasteiger charge is -2.18. The first-order valence-electron chi connectivity index (χ1n) is 9.54. The van der Waals surface area contributed by atoms with Crippen molar-refractivity contribution < 1.29 is 20.1 Å². The zero-order valence-electron chi connectivity index (χ0n) is 15.4. The van der Waals surface area contributed by atoms with Crippen LogP contribution in [0.2, 0.25) is 0 Å². The van der Waals surface area contributed by atoms with Gasteiger partial charge in [0, 0.05) is 12.3 Å². The zero-order valence-corrected chi connectivity index (χ0v) is 15.4. The van der Waals surface area contributed by atoms with E-state index in [9.17, 15) is 15.0 Å². The first-order valence-corrected chi connectivity index (χ1v) is 9.54. The van der Waals surface area contributed by atoms with E-state index in [1.54, 1.807) is 0 Å². The number of aliphatic hydroxyl groups excluding tert-OH is 2. The van der Waals surface area contributed by atoms with E-state index < -0.39 is 18.2 Å². The molecule has 0 radical (unpaired) electrons. The molecular weight excluding hydrogens is 316 g/mol. The third-order valence-electron chi connectivity index (χ3n) is 4.88. The van der Waals surface area contributed by atoms with Gasteiger partial charge >= 0.3 is 5.97 Å². The number of aliphatic carboxylic acids is 1. The van der Waals surface area contributed by atoms with E-state index in [1.165, 1.54) is 0 Å². The molecule has 0 saturated heterocycles. The average molecular weight is 350 g/mol. The van der Waals surface area contributed by atoms with Crippen molar-refractivity contribution in [2.45, 2.75) is 76.9 Å². The van der Waals surface area contributed by atoms with Gasteiger partial charge in [-0.25, -0.2) is 0 Å². The molecular formula is C21H34O4. The van der Waals surface area contributed by atoms with Crippen LogP contribution in [0.5, 0.6) is 0 Å². The number of carboxylic acids is 1. The van der Waals surface area contributed by atoms with Crippen LogP contribution in [0.25, 0.3) is 0 Å². The van der Waals surface area contributed by atoms with Crippen LogP contribution >= 0.6 is 0 Å². The van der Waals surface area contributed by atoms with Crippen molar-refractivity contribution in [3.63, 3.8) is 0 Å². The summed E-state index contributed by atoms with van der Waals surface area (Å²) in [6.45, 7) is 6.24. The van der Waals surface area contributed by atoms with Crippen LogP contribution in [0, 0.1) is 11.8 Å². The molecule has 0 aliphatic heterocycles. The Morgan fingerprint density at radius 1 is 1.32 bits per heavy atom. The largest absolute Gasteiger partial charge is 0.481 e. The molecule has 0 unspecified atom stereocenters. The molecule has 1 rings (SSSR count). The number of carbonyl (C=O) groups is 1. The average Bonchev–Trinajstić information content (AvgIpc) is 2.82. The highest BCUT2D eigenvalue weighted by Crippen LogP contribution is 2.39. The fourth-order valence-electron chi connectivity index (χ4n) is 3.37. The fourth-order valence-corrected chi connectivity index (χ4v) is 3.37. The lowest BCUT2D eigenvalue weighted by atomic mass is 9.89. The van der Waals surface area contributed by atoms with E-state index in [4.69, 9.17) is 5.11 Å². The number of rotatable bonds is 12. The van der Waals surface area contributed by atoms with Gasteiger partial charge in [0.25, 0.3) is 0 Å². The van der Waals surface area contributed by atoms with E-state index in [0.717, 1.165) is 44.1 Å². The first kappa shape index (κ1) is 21.7. The van der Waals surface area contributed by atoms with Crippen molar-refractivity contribution in [3.8, 4) is 0 Å². The quantitative estimate of drug-likeness (QED) is 0.363. The summed E-state index contributed by atoms with van der Waals surface area (Å²) in [5, 5.41) is 28.9. The molecule has 1 fully saturated rings. The Kier molecular flexibility index (Phi) is 10.4. The molecule has 1 aliphatic rings. The second-order valence-corrected chi connectivity index (χ2v) is 7.05. The van der Waals surface area contributed by atoms with Gasteiger partial charge in [0.05, 0.1) is 12.2 Å². The van der Waals surface area contributed by atoms with E-state index in [1.807, 2.05) is 18.2 Å². The summed E-state index contributed by atoms with van der Waals surface area (Å²) >= 11 is 0. The number of aliphatic hydroxyl groups is 2. The van der Waals surface area contributed by atoms with Crippen LogP contribution < -0.4 is 0 Å². The van der Waals surface area contributed by atoms with Gasteiger partial charge in [-0.2, -0.15) is 0 Å². The molecule has 0 amide bonds. The van der Waals surface area contributed by atoms with Gasteiger partial charge in [-0.3, -0.25) is 4.79 Å². The maximum Gasteiger partial charge on any atom is 0.303 e. The minimum absolute atomic E-state index is 0.00278. The Balaban J connectivity index is 2.48. The third-order valence-corrected chi connectivity index (χ3v) is 4.88. The summed E-state index contributed by atoms with van der Waals surface area (Å²) in [5.74, 6) is -0.579. The van der Waals surface area contributed by atoms with E-state index >= 15 is 0 Å². The molecule has 3 N–H and O–H groups in total. The number of hydrogen-bond donors (Lipinski definition) is 3. The molecule has 4 atom stereocenters. The van der Waals surface area contributed by atoms with Crippen molar-refractivity contribution >= 4 is 5.97 Å². The smallest absolute Gasteiger partial charge is 0.303 e. The Morgan fingerprint density at radius 3 is 2.76 bits per heavy atom. The number of unbranched alkanes of at least 4 members (excludes halogenated alkanes) is 3. The summed E-state index contributed by atoms with van der Waals surface area (Å²) in [4.78, 5) is 10.5. The SMILES string of the molecule is C=C1C[C@@H](O)[C@H](C=C[C@@H](O)CCCCC)[C@H]1CC=CCCCC(=O)O. The monoisotopic (exact) mass is 350 g/mol. The Labute approximate surface area is 152 Å². The van der Waals surface area contributed by atoms with Crippen LogP contribution in [-0.4, -0.2) is 33.5 Å². The lowest BCUT2D eigenvalue weighted by molar-refractivity contribution is -0.137. The van der Waals surface area contributed by atoms with Gasteiger partial charge < -0.3 is 15.3 Å². The maximum atomic E-state index is 10.5. The van der Waals surface area contributed by atoms with E-state index in [2.05, 4.69) is 19.6 Å². The topological polar surface area (TPSA) is 77.8 Å². The molecule has 142 valence electrons. The molecule has 0 aromatic heterocycles. The normalized spacial score (nSPS) is 25.2. The Bertz CT molecular complexity index is 467. The number of carboxylic acid groups (broad SMARTS) is 1. The van der Waals surface area contributed by atoms with Crippen molar-refractivity contribution in [2.75, 3.05) is 0 Å². The summed E-state index contributed by atoms with van der Waals surface area (Å²) in [6, 6.07) is 0. The Morgan fingerprint density at radius 2 is 2.08 bits per heavy atom. The Hall–Kier alpha value is -1.39. The molecule has 1 saturated carbocycles. The van der Waals surface area contributed by atoms with Crippen LogP contribution in [0.4, 0.5) is 0 Å². The zero-order chi connectivity index (χ0) is 18.7. The standard InChI is InChI=1S/C21H34O4/c1-3-4-7-10-17(22)13-14-19-18(16(2)15-20(19)23)11-8-5-6-9-12-21(24)25/h5,8,13-14,17-20,22-23H,2-4,6-7,9-12,15H2,1H3,(H,24,25)/t17-,18-,19+,20+/m0/s1. The molecule has 0 aromatic rings. The molecule has 0 aromatic carbocycles. The molecule has 25 heavy (non-hydrogen) atoms. The van der Waals surface area contributed by atoms with Gasteiger partial charge in [-0.05, 0) is 38.0 Å². The highest BCUT2D eigenvalue weighted by Gasteiger charge is 2.35. The lowest BCUT2D eigenvalue weighted by Crippen LogP contribution is -2.17.